The molecule has 2 aromatic heterocycles. The molecule has 1 saturated heterocycles. The van der Waals surface area contributed by atoms with E-state index in [1.54, 1.807) is 6.07 Å². The number of benzene rings is 1. The number of carbonyl (C=O) groups is 1. The van der Waals surface area contributed by atoms with Crippen LogP contribution in [0, 0.1) is 5.92 Å². The van der Waals surface area contributed by atoms with Crippen LogP contribution in [0.5, 0.6) is 0 Å². The predicted molar refractivity (Wildman–Crippen MR) is 111 cm³/mol. The van der Waals surface area contributed by atoms with E-state index in [4.69, 9.17) is 11.6 Å². The Kier molecular flexibility index (Phi) is 5.72. The van der Waals surface area contributed by atoms with Crippen molar-refractivity contribution in [1.29, 1.82) is 0 Å². The monoisotopic (exact) mass is 399 g/mol. The third kappa shape index (κ3) is 4.67. The number of thiophene rings is 1. The van der Waals surface area contributed by atoms with Gasteiger partial charge in [-0.25, -0.2) is 4.98 Å². The quantitative estimate of drug-likeness (QED) is 0.638. The summed E-state index contributed by atoms with van der Waals surface area (Å²) < 4.78 is 0. The van der Waals surface area contributed by atoms with Crippen molar-refractivity contribution in [2.24, 2.45) is 5.92 Å². The van der Waals surface area contributed by atoms with E-state index < -0.39 is 0 Å². The van der Waals surface area contributed by atoms with Crippen molar-refractivity contribution in [2.45, 2.75) is 19.4 Å². The van der Waals surface area contributed by atoms with Gasteiger partial charge in [0, 0.05) is 35.5 Å². The van der Waals surface area contributed by atoms with E-state index >= 15 is 0 Å². The summed E-state index contributed by atoms with van der Waals surface area (Å²) in [7, 11) is 0. The Morgan fingerprint density at radius 2 is 2.22 bits per heavy atom. The molecule has 4 rings (SSSR count). The smallest absolute Gasteiger partial charge is 0.251 e. The topological polar surface area (TPSA) is 45.2 Å². The van der Waals surface area contributed by atoms with Gasteiger partial charge in [0.25, 0.3) is 5.91 Å². The zero-order valence-corrected chi connectivity index (χ0v) is 16.6. The summed E-state index contributed by atoms with van der Waals surface area (Å²) in [5.74, 6) is 0.478. The molecule has 0 aliphatic carbocycles. The molecule has 0 saturated carbocycles. The Bertz CT molecular complexity index is 928. The number of halogens is 1. The molecule has 0 spiro atoms. The van der Waals surface area contributed by atoms with Gasteiger partial charge in [0.1, 0.15) is 5.15 Å². The van der Waals surface area contributed by atoms with Crippen LogP contribution in [0.2, 0.25) is 5.15 Å². The van der Waals surface area contributed by atoms with Crippen molar-refractivity contribution < 1.29 is 4.79 Å². The molecule has 27 heavy (non-hydrogen) atoms. The number of likely N-dealkylation sites (tertiary alicyclic amines) is 1. The standard InChI is InChI=1S/C21H22ClN3OS/c22-20-8-6-16-11-17(5-7-19(16)24-20)21(26)23-12-15-3-1-9-25(13-15)14-18-4-2-10-27-18/h2,4-8,10-11,15H,1,3,9,12-14H2,(H,23,26). The summed E-state index contributed by atoms with van der Waals surface area (Å²) >= 11 is 7.73. The zero-order valence-electron chi connectivity index (χ0n) is 15.0. The lowest BCUT2D eigenvalue weighted by molar-refractivity contribution is 0.0931. The molecular formula is C21H22ClN3OS. The Labute approximate surface area is 168 Å². The molecule has 0 radical (unpaired) electrons. The molecule has 1 aliphatic rings. The molecule has 1 N–H and O–H groups in total. The van der Waals surface area contributed by atoms with Gasteiger partial charge in [-0.3, -0.25) is 9.69 Å². The van der Waals surface area contributed by atoms with Crippen molar-refractivity contribution >= 4 is 39.7 Å². The van der Waals surface area contributed by atoms with Gasteiger partial charge in [-0.15, -0.1) is 11.3 Å². The van der Waals surface area contributed by atoms with Crippen LogP contribution in [0.1, 0.15) is 28.1 Å². The average molecular weight is 400 g/mol. The van der Waals surface area contributed by atoms with Crippen LogP contribution in [-0.2, 0) is 6.54 Å². The fourth-order valence-electron chi connectivity index (χ4n) is 3.67. The van der Waals surface area contributed by atoms with Gasteiger partial charge in [-0.1, -0.05) is 17.7 Å². The van der Waals surface area contributed by atoms with Crippen LogP contribution in [-0.4, -0.2) is 35.4 Å². The van der Waals surface area contributed by atoms with E-state index in [0.29, 0.717) is 16.6 Å². The van der Waals surface area contributed by atoms with E-state index in [1.165, 1.54) is 17.7 Å². The summed E-state index contributed by atoms with van der Waals surface area (Å²) in [6.45, 7) is 3.92. The Morgan fingerprint density at radius 3 is 3.07 bits per heavy atom. The second-order valence-electron chi connectivity index (χ2n) is 7.07. The van der Waals surface area contributed by atoms with E-state index in [1.807, 2.05) is 35.6 Å². The van der Waals surface area contributed by atoms with Gasteiger partial charge in [0.15, 0.2) is 0 Å². The van der Waals surface area contributed by atoms with Crippen molar-refractivity contribution in [3.63, 3.8) is 0 Å². The van der Waals surface area contributed by atoms with Crippen molar-refractivity contribution in [3.8, 4) is 0 Å². The maximum Gasteiger partial charge on any atom is 0.251 e. The third-order valence-electron chi connectivity index (χ3n) is 5.03. The second kappa shape index (κ2) is 8.38. The molecule has 6 heteroatoms. The number of hydrogen-bond acceptors (Lipinski definition) is 4. The van der Waals surface area contributed by atoms with Crippen LogP contribution in [0.4, 0.5) is 0 Å². The number of hydrogen-bond donors (Lipinski definition) is 1. The number of rotatable bonds is 5. The van der Waals surface area contributed by atoms with E-state index in [9.17, 15) is 4.79 Å². The van der Waals surface area contributed by atoms with Gasteiger partial charge in [-0.05, 0) is 67.1 Å². The highest BCUT2D eigenvalue weighted by Crippen LogP contribution is 2.21. The maximum atomic E-state index is 12.6. The lowest BCUT2D eigenvalue weighted by Gasteiger charge is -2.32. The summed E-state index contributed by atoms with van der Waals surface area (Å²) in [6, 6.07) is 13.5. The molecule has 1 atom stereocenters. The molecule has 1 unspecified atom stereocenters. The molecule has 3 heterocycles. The first-order chi connectivity index (χ1) is 13.2. The first kappa shape index (κ1) is 18.4. The number of fused-ring (bicyclic) bond motifs is 1. The Morgan fingerprint density at radius 1 is 1.30 bits per heavy atom. The SMILES string of the molecule is O=C(NCC1CCCN(Cc2cccs2)C1)c1ccc2nc(Cl)ccc2c1. The highest BCUT2D eigenvalue weighted by atomic mass is 35.5. The number of aromatic nitrogens is 1. The highest BCUT2D eigenvalue weighted by Gasteiger charge is 2.21. The molecule has 4 nitrogen and oxygen atoms in total. The van der Waals surface area contributed by atoms with Crippen molar-refractivity contribution in [1.82, 2.24) is 15.2 Å². The van der Waals surface area contributed by atoms with E-state index in [0.717, 1.165) is 37.1 Å². The predicted octanol–water partition coefficient (Wildman–Crippen LogP) is 4.59. The van der Waals surface area contributed by atoms with E-state index in [-0.39, 0.29) is 5.91 Å². The second-order valence-corrected chi connectivity index (χ2v) is 8.49. The molecule has 1 aromatic carbocycles. The van der Waals surface area contributed by atoms with Crippen molar-refractivity contribution in [2.75, 3.05) is 19.6 Å². The van der Waals surface area contributed by atoms with Crippen molar-refractivity contribution in [3.05, 3.63) is 63.4 Å². The third-order valence-corrected chi connectivity index (χ3v) is 6.10. The maximum absolute atomic E-state index is 12.6. The first-order valence-electron chi connectivity index (χ1n) is 9.26. The normalized spacial score (nSPS) is 17.9. The van der Waals surface area contributed by atoms with Crippen LogP contribution in [0.3, 0.4) is 0 Å². The van der Waals surface area contributed by atoms with Gasteiger partial charge >= 0.3 is 0 Å². The summed E-state index contributed by atoms with van der Waals surface area (Å²) in [4.78, 5) is 20.7. The van der Waals surface area contributed by atoms with Crippen LogP contribution >= 0.6 is 22.9 Å². The largest absolute Gasteiger partial charge is 0.352 e. The molecule has 0 bridgehead atoms. The first-order valence-corrected chi connectivity index (χ1v) is 10.5. The number of nitrogens with one attached hydrogen (secondary N) is 1. The van der Waals surface area contributed by atoms with Gasteiger partial charge in [-0.2, -0.15) is 0 Å². The molecular weight excluding hydrogens is 378 g/mol. The molecule has 140 valence electrons. The Balaban J connectivity index is 1.33. The highest BCUT2D eigenvalue weighted by molar-refractivity contribution is 7.09. The number of piperidine rings is 1. The molecule has 1 aliphatic heterocycles. The zero-order chi connectivity index (χ0) is 18.6. The summed E-state index contributed by atoms with van der Waals surface area (Å²) in [5.41, 5.74) is 1.47. The van der Waals surface area contributed by atoms with Gasteiger partial charge in [0.05, 0.1) is 5.52 Å². The summed E-state index contributed by atoms with van der Waals surface area (Å²) in [5, 5.41) is 6.63. The average Bonchev–Trinajstić information content (AvgIpc) is 3.19. The summed E-state index contributed by atoms with van der Waals surface area (Å²) in [6.07, 6.45) is 2.36. The Hall–Kier alpha value is -1.95. The minimum Gasteiger partial charge on any atom is -0.352 e. The number of nitrogens with zero attached hydrogens (tertiary/aromatic N) is 2. The number of carbonyl (C=O) groups excluding carboxylic acids is 1. The van der Waals surface area contributed by atoms with Crippen LogP contribution < -0.4 is 5.32 Å². The van der Waals surface area contributed by atoms with Gasteiger partial charge in [0.2, 0.25) is 0 Å². The minimum absolute atomic E-state index is 0.0257. The molecule has 1 fully saturated rings. The lowest BCUT2D eigenvalue weighted by atomic mass is 9.97. The van der Waals surface area contributed by atoms with E-state index in [2.05, 4.69) is 32.7 Å². The molecule has 1 amide bonds. The van der Waals surface area contributed by atoms with Gasteiger partial charge < -0.3 is 5.32 Å². The minimum atomic E-state index is -0.0257. The molecule has 3 aromatic rings. The fraction of sp³-hybridized carbons (Fsp3) is 0.333. The number of pyridine rings is 1. The fourth-order valence-corrected chi connectivity index (χ4v) is 4.57. The number of amides is 1. The van der Waals surface area contributed by atoms with Crippen LogP contribution in [0.15, 0.2) is 47.8 Å². The van der Waals surface area contributed by atoms with Crippen LogP contribution in [0.25, 0.3) is 10.9 Å². The lowest BCUT2D eigenvalue weighted by Crippen LogP contribution is -2.40.